The predicted octanol–water partition coefficient (Wildman–Crippen LogP) is 2.37. The summed E-state index contributed by atoms with van der Waals surface area (Å²) in [4.78, 5) is 11.6. The lowest BCUT2D eigenvalue weighted by Gasteiger charge is -2.24. The fourth-order valence-electron chi connectivity index (χ4n) is 2.54. The van der Waals surface area contributed by atoms with E-state index in [0.717, 1.165) is 49.4 Å². The molecule has 0 N–H and O–H groups in total. The van der Waals surface area contributed by atoms with Crippen molar-refractivity contribution in [3.8, 4) is 5.75 Å². The summed E-state index contributed by atoms with van der Waals surface area (Å²) in [6.07, 6.45) is 3.58. The van der Waals surface area contributed by atoms with Gasteiger partial charge in [-0.15, -0.1) is 0 Å². The Bertz CT molecular complexity index is 433. The number of fused-ring (bicyclic) bond motifs is 1. The normalized spacial score (nSPS) is 20.4. The molecule has 0 amide bonds. The lowest BCUT2D eigenvalue weighted by molar-refractivity contribution is 0.0252. The maximum Gasteiger partial charge on any atom is 0.163 e. The summed E-state index contributed by atoms with van der Waals surface area (Å²) >= 11 is 0. The standard InChI is InChI=1S/C14H16O3/c15-13-5-4-12-11(13)2-1-3-14(12)17-10-6-8-16-9-7-10/h1-3,10H,4-9H2. The van der Waals surface area contributed by atoms with Gasteiger partial charge in [0.1, 0.15) is 11.9 Å². The Balaban J connectivity index is 1.81. The highest BCUT2D eigenvalue weighted by Gasteiger charge is 2.24. The quantitative estimate of drug-likeness (QED) is 0.785. The number of Topliss-reactive ketones (excluding diaryl/α,β-unsaturated/α-hetero) is 1. The molecule has 1 aliphatic carbocycles. The van der Waals surface area contributed by atoms with Crippen molar-refractivity contribution in [1.82, 2.24) is 0 Å². The van der Waals surface area contributed by atoms with Crippen LogP contribution in [0.5, 0.6) is 5.75 Å². The van der Waals surface area contributed by atoms with Crippen LogP contribution in [0.25, 0.3) is 0 Å². The van der Waals surface area contributed by atoms with Crippen LogP contribution in [0.3, 0.4) is 0 Å². The molecule has 0 spiro atoms. The summed E-state index contributed by atoms with van der Waals surface area (Å²) in [5.74, 6) is 1.15. The van der Waals surface area contributed by atoms with Crippen LogP contribution in [0.4, 0.5) is 0 Å². The van der Waals surface area contributed by atoms with Crippen molar-refractivity contribution in [3.63, 3.8) is 0 Å². The molecule has 0 atom stereocenters. The number of hydrogen-bond acceptors (Lipinski definition) is 3. The molecule has 3 rings (SSSR count). The van der Waals surface area contributed by atoms with E-state index in [1.165, 1.54) is 0 Å². The highest BCUT2D eigenvalue weighted by Crippen LogP contribution is 2.31. The van der Waals surface area contributed by atoms with Gasteiger partial charge in [0.15, 0.2) is 5.78 Å². The van der Waals surface area contributed by atoms with Crippen molar-refractivity contribution in [2.45, 2.75) is 31.8 Å². The predicted molar refractivity (Wildman–Crippen MR) is 63.6 cm³/mol. The topological polar surface area (TPSA) is 35.5 Å². The molecule has 1 saturated heterocycles. The zero-order valence-corrected chi connectivity index (χ0v) is 9.78. The van der Waals surface area contributed by atoms with Gasteiger partial charge < -0.3 is 9.47 Å². The molecule has 3 nitrogen and oxygen atoms in total. The Hall–Kier alpha value is -1.35. The first-order chi connectivity index (χ1) is 8.34. The zero-order valence-electron chi connectivity index (χ0n) is 9.78. The molecule has 1 aromatic carbocycles. The molecule has 0 radical (unpaired) electrons. The van der Waals surface area contributed by atoms with Gasteiger partial charge in [0, 0.05) is 30.4 Å². The molecule has 2 aliphatic rings. The Morgan fingerprint density at radius 2 is 2.00 bits per heavy atom. The molecule has 1 heterocycles. The average molecular weight is 232 g/mol. The monoisotopic (exact) mass is 232 g/mol. The van der Waals surface area contributed by atoms with Crippen LogP contribution in [0.2, 0.25) is 0 Å². The van der Waals surface area contributed by atoms with E-state index in [2.05, 4.69) is 0 Å². The van der Waals surface area contributed by atoms with E-state index in [0.29, 0.717) is 6.42 Å². The van der Waals surface area contributed by atoms with Gasteiger partial charge in [-0.25, -0.2) is 0 Å². The average Bonchev–Trinajstić information content (AvgIpc) is 2.74. The second kappa shape index (κ2) is 4.49. The lowest BCUT2D eigenvalue weighted by atomic mass is 10.1. The SMILES string of the molecule is O=C1CCc2c(OC3CCOCC3)cccc21. The molecular formula is C14H16O3. The van der Waals surface area contributed by atoms with Crippen LogP contribution in [0.1, 0.15) is 35.2 Å². The van der Waals surface area contributed by atoms with Crippen LogP contribution in [-0.4, -0.2) is 25.1 Å². The Morgan fingerprint density at radius 1 is 1.18 bits per heavy atom. The molecule has 3 heteroatoms. The molecule has 1 aliphatic heterocycles. The number of carbonyl (C=O) groups excluding carboxylic acids is 1. The fourth-order valence-corrected chi connectivity index (χ4v) is 2.54. The minimum Gasteiger partial charge on any atom is -0.490 e. The first-order valence-corrected chi connectivity index (χ1v) is 6.24. The van der Waals surface area contributed by atoms with Gasteiger partial charge in [-0.05, 0) is 12.5 Å². The summed E-state index contributed by atoms with van der Waals surface area (Å²) < 4.78 is 11.3. The van der Waals surface area contributed by atoms with E-state index in [4.69, 9.17) is 9.47 Å². The molecule has 0 unspecified atom stereocenters. The molecule has 0 saturated carbocycles. The van der Waals surface area contributed by atoms with Crippen molar-refractivity contribution in [3.05, 3.63) is 29.3 Å². The number of carbonyl (C=O) groups is 1. The fraction of sp³-hybridized carbons (Fsp3) is 0.500. The maximum atomic E-state index is 11.6. The first kappa shape index (κ1) is 10.8. The third kappa shape index (κ3) is 2.07. The van der Waals surface area contributed by atoms with E-state index in [1.807, 2.05) is 18.2 Å². The van der Waals surface area contributed by atoms with Gasteiger partial charge in [-0.3, -0.25) is 4.79 Å². The lowest BCUT2D eigenvalue weighted by Crippen LogP contribution is -2.26. The molecule has 17 heavy (non-hydrogen) atoms. The van der Waals surface area contributed by atoms with Crippen LogP contribution >= 0.6 is 0 Å². The smallest absolute Gasteiger partial charge is 0.163 e. The highest BCUT2D eigenvalue weighted by molar-refractivity contribution is 6.01. The van der Waals surface area contributed by atoms with Gasteiger partial charge in [0.05, 0.1) is 13.2 Å². The number of ketones is 1. The third-order valence-electron chi connectivity index (χ3n) is 3.50. The number of ether oxygens (including phenoxy) is 2. The van der Waals surface area contributed by atoms with Crippen LogP contribution in [0.15, 0.2) is 18.2 Å². The van der Waals surface area contributed by atoms with E-state index in [-0.39, 0.29) is 11.9 Å². The Kier molecular flexibility index (Phi) is 2.85. The zero-order chi connectivity index (χ0) is 11.7. The van der Waals surface area contributed by atoms with E-state index in [9.17, 15) is 4.79 Å². The minimum atomic E-state index is 0.242. The Morgan fingerprint density at radius 3 is 2.82 bits per heavy atom. The summed E-state index contributed by atoms with van der Waals surface area (Å²) in [6, 6.07) is 5.80. The van der Waals surface area contributed by atoms with Gasteiger partial charge in [0.25, 0.3) is 0 Å². The van der Waals surface area contributed by atoms with E-state index in [1.54, 1.807) is 0 Å². The van der Waals surface area contributed by atoms with Gasteiger partial charge >= 0.3 is 0 Å². The minimum absolute atomic E-state index is 0.242. The van der Waals surface area contributed by atoms with Gasteiger partial charge in [-0.1, -0.05) is 12.1 Å². The highest BCUT2D eigenvalue weighted by atomic mass is 16.5. The number of benzene rings is 1. The van der Waals surface area contributed by atoms with Crippen molar-refractivity contribution in [2.24, 2.45) is 0 Å². The largest absolute Gasteiger partial charge is 0.490 e. The van der Waals surface area contributed by atoms with E-state index >= 15 is 0 Å². The molecular weight excluding hydrogens is 216 g/mol. The van der Waals surface area contributed by atoms with Crippen LogP contribution in [0, 0.1) is 0 Å². The van der Waals surface area contributed by atoms with Crippen molar-refractivity contribution < 1.29 is 14.3 Å². The maximum absolute atomic E-state index is 11.6. The van der Waals surface area contributed by atoms with Crippen LogP contribution < -0.4 is 4.74 Å². The van der Waals surface area contributed by atoms with Crippen LogP contribution in [-0.2, 0) is 11.2 Å². The van der Waals surface area contributed by atoms with Crippen molar-refractivity contribution in [2.75, 3.05) is 13.2 Å². The summed E-state index contributed by atoms with van der Waals surface area (Å²) in [6.45, 7) is 1.55. The van der Waals surface area contributed by atoms with Gasteiger partial charge in [-0.2, -0.15) is 0 Å². The molecule has 0 aromatic heterocycles. The second-order valence-corrected chi connectivity index (χ2v) is 4.64. The van der Waals surface area contributed by atoms with Crippen molar-refractivity contribution >= 4 is 5.78 Å². The summed E-state index contributed by atoms with van der Waals surface area (Å²) in [5.41, 5.74) is 1.96. The first-order valence-electron chi connectivity index (χ1n) is 6.24. The number of rotatable bonds is 2. The van der Waals surface area contributed by atoms with E-state index < -0.39 is 0 Å². The third-order valence-corrected chi connectivity index (χ3v) is 3.50. The second-order valence-electron chi connectivity index (χ2n) is 4.64. The molecule has 1 aromatic rings. The summed E-state index contributed by atoms with van der Waals surface area (Å²) in [7, 11) is 0. The van der Waals surface area contributed by atoms with Gasteiger partial charge in [0.2, 0.25) is 0 Å². The molecule has 1 fully saturated rings. The molecule has 0 bridgehead atoms. The number of hydrogen-bond donors (Lipinski definition) is 0. The summed E-state index contributed by atoms with van der Waals surface area (Å²) in [5, 5.41) is 0. The molecule has 90 valence electrons. The Labute approximate surface area is 101 Å². The van der Waals surface area contributed by atoms with Crippen molar-refractivity contribution in [1.29, 1.82) is 0 Å².